The van der Waals surface area contributed by atoms with E-state index in [2.05, 4.69) is 14.9 Å². The highest BCUT2D eigenvalue weighted by Gasteiger charge is 2.33. The van der Waals surface area contributed by atoms with E-state index in [1.54, 1.807) is 0 Å². The number of nitrogens with zero attached hydrogens (tertiary/aromatic N) is 2. The second kappa shape index (κ2) is 6.23. The Morgan fingerprint density at radius 1 is 1.18 bits per heavy atom. The SMILES string of the molecule is O=C(O)[C@@H]1CC[C@H](C(=O)Nc2ccc(-c3csnn3)cc2)C1. The maximum Gasteiger partial charge on any atom is 0.306 e. The highest BCUT2D eigenvalue weighted by molar-refractivity contribution is 7.03. The van der Waals surface area contributed by atoms with E-state index in [9.17, 15) is 9.59 Å². The van der Waals surface area contributed by atoms with Crippen molar-refractivity contribution in [2.75, 3.05) is 5.32 Å². The molecule has 0 saturated heterocycles. The smallest absolute Gasteiger partial charge is 0.306 e. The van der Waals surface area contributed by atoms with Gasteiger partial charge in [0.1, 0.15) is 5.69 Å². The minimum absolute atomic E-state index is 0.105. The Morgan fingerprint density at radius 3 is 2.50 bits per heavy atom. The number of rotatable bonds is 4. The predicted octanol–water partition coefficient (Wildman–Crippen LogP) is 2.64. The maximum atomic E-state index is 12.2. The Bertz CT molecular complexity index is 670. The van der Waals surface area contributed by atoms with Gasteiger partial charge in [0.25, 0.3) is 0 Å². The molecule has 7 heteroatoms. The van der Waals surface area contributed by atoms with E-state index >= 15 is 0 Å². The van der Waals surface area contributed by atoms with Gasteiger partial charge in [-0.3, -0.25) is 9.59 Å². The average Bonchev–Trinajstić information content (AvgIpc) is 3.20. The van der Waals surface area contributed by atoms with Crippen LogP contribution in [0.4, 0.5) is 5.69 Å². The number of nitrogens with one attached hydrogen (secondary N) is 1. The topological polar surface area (TPSA) is 92.2 Å². The molecule has 1 fully saturated rings. The lowest BCUT2D eigenvalue weighted by atomic mass is 10.0. The summed E-state index contributed by atoms with van der Waals surface area (Å²) in [6, 6.07) is 7.38. The quantitative estimate of drug-likeness (QED) is 0.904. The lowest BCUT2D eigenvalue weighted by molar-refractivity contribution is -0.141. The van der Waals surface area contributed by atoms with Gasteiger partial charge < -0.3 is 10.4 Å². The first kappa shape index (κ1) is 14.6. The minimum Gasteiger partial charge on any atom is -0.481 e. The summed E-state index contributed by atoms with van der Waals surface area (Å²) in [5.74, 6) is -1.53. The Labute approximate surface area is 131 Å². The fraction of sp³-hybridized carbons (Fsp3) is 0.333. The van der Waals surface area contributed by atoms with Gasteiger partial charge >= 0.3 is 5.97 Å². The molecule has 0 aliphatic heterocycles. The lowest BCUT2D eigenvalue weighted by Crippen LogP contribution is -2.21. The summed E-state index contributed by atoms with van der Waals surface area (Å²) in [5, 5.41) is 17.7. The Kier molecular flexibility index (Phi) is 4.15. The summed E-state index contributed by atoms with van der Waals surface area (Å²) >= 11 is 1.29. The molecular formula is C15H15N3O3S. The molecule has 114 valence electrons. The van der Waals surface area contributed by atoms with Crippen LogP contribution in [0.15, 0.2) is 29.6 Å². The fourth-order valence-electron chi connectivity index (χ4n) is 2.70. The molecule has 1 aromatic carbocycles. The van der Waals surface area contributed by atoms with Crippen LogP contribution in [0, 0.1) is 11.8 Å². The zero-order chi connectivity index (χ0) is 15.5. The highest BCUT2D eigenvalue weighted by Crippen LogP contribution is 2.32. The summed E-state index contributed by atoms with van der Waals surface area (Å²) in [4.78, 5) is 23.1. The van der Waals surface area contributed by atoms with Crippen LogP contribution in [-0.4, -0.2) is 26.6 Å². The summed E-state index contributed by atoms with van der Waals surface area (Å²) in [7, 11) is 0. The first-order valence-corrected chi connectivity index (χ1v) is 7.88. The zero-order valence-electron chi connectivity index (χ0n) is 11.7. The molecular weight excluding hydrogens is 302 g/mol. The fourth-order valence-corrected chi connectivity index (χ4v) is 3.17. The zero-order valence-corrected chi connectivity index (χ0v) is 12.5. The number of carboxylic acids is 1. The third-order valence-corrected chi connectivity index (χ3v) is 4.47. The van der Waals surface area contributed by atoms with Gasteiger partial charge in [0.2, 0.25) is 5.91 Å². The molecule has 1 saturated carbocycles. The minimum atomic E-state index is -0.809. The second-order valence-electron chi connectivity index (χ2n) is 5.40. The summed E-state index contributed by atoms with van der Waals surface area (Å²) in [5.41, 5.74) is 2.46. The molecule has 0 spiro atoms. The monoisotopic (exact) mass is 317 g/mol. The van der Waals surface area contributed by atoms with Crippen molar-refractivity contribution in [1.82, 2.24) is 9.59 Å². The lowest BCUT2D eigenvalue weighted by Gasteiger charge is -2.11. The van der Waals surface area contributed by atoms with E-state index in [4.69, 9.17) is 5.11 Å². The number of aliphatic carboxylic acids is 1. The molecule has 2 N–H and O–H groups in total. The van der Waals surface area contributed by atoms with Crippen molar-refractivity contribution in [2.45, 2.75) is 19.3 Å². The first-order chi connectivity index (χ1) is 10.6. The van der Waals surface area contributed by atoms with Crippen LogP contribution >= 0.6 is 11.5 Å². The van der Waals surface area contributed by atoms with Gasteiger partial charge in [0, 0.05) is 22.5 Å². The van der Waals surface area contributed by atoms with E-state index in [1.807, 2.05) is 29.6 Å². The van der Waals surface area contributed by atoms with Gasteiger partial charge in [-0.2, -0.15) is 0 Å². The molecule has 1 aromatic heterocycles. The number of amides is 1. The number of aromatic nitrogens is 2. The third-order valence-electron chi connectivity index (χ3n) is 3.96. The largest absolute Gasteiger partial charge is 0.481 e. The first-order valence-electron chi connectivity index (χ1n) is 7.04. The summed E-state index contributed by atoms with van der Waals surface area (Å²) in [6.45, 7) is 0. The Morgan fingerprint density at radius 2 is 1.91 bits per heavy atom. The Balaban J connectivity index is 1.61. The number of carbonyl (C=O) groups is 2. The standard InChI is InChI=1S/C15H15N3O3S/c19-14(10-1-2-11(7-10)15(20)21)16-12-5-3-9(4-6-12)13-8-22-18-17-13/h3-6,8,10-11H,1-2,7H2,(H,16,19)(H,20,21)/t10-,11+/m0/s1. The van der Waals surface area contributed by atoms with Gasteiger partial charge in [-0.25, -0.2) is 0 Å². The predicted molar refractivity (Wildman–Crippen MR) is 82.4 cm³/mol. The molecule has 2 atom stereocenters. The summed E-state index contributed by atoms with van der Waals surface area (Å²) < 4.78 is 3.82. The van der Waals surface area contributed by atoms with E-state index in [-0.39, 0.29) is 11.8 Å². The van der Waals surface area contributed by atoms with Crippen molar-refractivity contribution in [3.63, 3.8) is 0 Å². The number of hydrogen-bond donors (Lipinski definition) is 2. The molecule has 3 rings (SSSR count). The molecule has 0 radical (unpaired) electrons. The molecule has 0 bridgehead atoms. The molecule has 6 nitrogen and oxygen atoms in total. The third kappa shape index (κ3) is 3.14. The van der Waals surface area contributed by atoms with Crippen LogP contribution in [0.1, 0.15) is 19.3 Å². The highest BCUT2D eigenvalue weighted by atomic mass is 32.1. The number of anilines is 1. The number of carboxylic acid groups (broad SMARTS) is 1. The number of hydrogen-bond acceptors (Lipinski definition) is 5. The molecule has 2 aromatic rings. The van der Waals surface area contributed by atoms with Gasteiger partial charge in [0.05, 0.1) is 5.92 Å². The van der Waals surface area contributed by atoms with Crippen molar-refractivity contribution in [1.29, 1.82) is 0 Å². The molecule has 1 heterocycles. The van der Waals surface area contributed by atoms with Gasteiger partial charge in [-0.1, -0.05) is 16.6 Å². The molecule has 0 unspecified atom stereocenters. The van der Waals surface area contributed by atoms with Crippen LogP contribution in [0.25, 0.3) is 11.3 Å². The molecule has 1 amide bonds. The van der Waals surface area contributed by atoms with E-state index in [0.717, 1.165) is 11.3 Å². The molecule has 1 aliphatic rings. The van der Waals surface area contributed by atoms with Crippen LogP contribution in [0.5, 0.6) is 0 Å². The normalized spacial score (nSPS) is 20.7. The van der Waals surface area contributed by atoms with Crippen molar-refractivity contribution in [2.24, 2.45) is 11.8 Å². The van der Waals surface area contributed by atoms with Gasteiger partial charge in [0.15, 0.2) is 0 Å². The second-order valence-corrected chi connectivity index (χ2v) is 6.01. The van der Waals surface area contributed by atoms with Crippen molar-refractivity contribution >= 4 is 29.1 Å². The Hall–Kier alpha value is -2.28. The van der Waals surface area contributed by atoms with E-state index in [0.29, 0.717) is 24.9 Å². The maximum absolute atomic E-state index is 12.2. The number of benzene rings is 1. The van der Waals surface area contributed by atoms with Crippen molar-refractivity contribution in [3.8, 4) is 11.3 Å². The summed E-state index contributed by atoms with van der Waals surface area (Å²) in [6.07, 6.45) is 1.62. The van der Waals surface area contributed by atoms with Crippen LogP contribution in [0.2, 0.25) is 0 Å². The van der Waals surface area contributed by atoms with Crippen molar-refractivity contribution in [3.05, 3.63) is 29.6 Å². The average molecular weight is 317 g/mol. The van der Waals surface area contributed by atoms with Crippen LogP contribution < -0.4 is 5.32 Å². The molecule has 22 heavy (non-hydrogen) atoms. The number of carbonyl (C=O) groups excluding carboxylic acids is 1. The van der Waals surface area contributed by atoms with Gasteiger partial charge in [-0.05, 0) is 42.9 Å². The van der Waals surface area contributed by atoms with Gasteiger partial charge in [-0.15, -0.1) is 5.10 Å². The molecule has 1 aliphatic carbocycles. The van der Waals surface area contributed by atoms with Crippen LogP contribution in [-0.2, 0) is 9.59 Å². The van der Waals surface area contributed by atoms with Crippen LogP contribution in [0.3, 0.4) is 0 Å². The van der Waals surface area contributed by atoms with E-state index < -0.39 is 11.9 Å². The van der Waals surface area contributed by atoms with Crippen molar-refractivity contribution < 1.29 is 14.7 Å². The van der Waals surface area contributed by atoms with E-state index in [1.165, 1.54) is 11.5 Å².